The molecule has 0 spiro atoms. The molecule has 0 amide bonds. The third kappa shape index (κ3) is 9.25. The maximum absolute atomic E-state index is 13.4. The van der Waals surface area contributed by atoms with Crippen molar-refractivity contribution in [3.8, 4) is 11.5 Å². The van der Waals surface area contributed by atoms with Gasteiger partial charge in [-0.2, -0.15) is 0 Å². The monoisotopic (exact) mass is 776 g/mol. The number of hydrogen-bond acceptors (Lipinski definition) is 10. The van der Waals surface area contributed by atoms with Gasteiger partial charge in [-0.1, -0.05) is 96.0 Å². The van der Waals surface area contributed by atoms with Gasteiger partial charge in [-0.3, -0.25) is 9.80 Å². The fraction of sp³-hybridized carbons (Fsp3) is 0.250. The van der Waals surface area contributed by atoms with Crippen LogP contribution < -0.4 is 9.47 Å². The van der Waals surface area contributed by atoms with Gasteiger partial charge in [0, 0.05) is 33.4 Å². The van der Waals surface area contributed by atoms with Crippen molar-refractivity contribution in [2.75, 3.05) is 28.2 Å². The van der Waals surface area contributed by atoms with Crippen LogP contribution in [0.1, 0.15) is 34.8 Å². The number of nitrogens with zero attached hydrogens (tertiary/aromatic N) is 2. The van der Waals surface area contributed by atoms with E-state index in [1.165, 1.54) is 22.7 Å². The van der Waals surface area contributed by atoms with Crippen LogP contribution >= 0.6 is 45.9 Å². The summed E-state index contributed by atoms with van der Waals surface area (Å²) >= 11 is 15.4. The summed E-state index contributed by atoms with van der Waals surface area (Å²) in [6, 6.07) is 35.0. The van der Waals surface area contributed by atoms with E-state index in [4.69, 9.17) is 42.1 Å². The summed E-state index contributed by atoms with van der Waals surface area (Å²) < 4.78 is 26.0. The molecule has 0 aliphatic rings. The van der Waals surface area contributed by atoms with Crippen LogP contribution in [0.5, 0.6) is 11.5 Å². The molecule has 0 aliphatic carbocycles. The first kappa shape index (κ1) is 37.6. The van der Waals surface area contributed by atoms with Crippen LogP contribution in [-0.2, 0) is 19.1 Å². The van der Waals surface area contributed by atoms with Gasteiger partial charge in [-0.15, -0.1) is 22.7 Å². The standard InChI is InChI=1S/C40H38Cl2N2O6S2/c1-43(2)37(23-31(33-19-21-35(41)51-33)47-29-17-9-13-25-11-5-7-15-27(25)29)49-39(45)40(46)50-38(44(3)4)24-32(34-20-22-36(42)52-34)48-30-18-10-14-26-12-6-8-16-28(26)30/h5-22,31-32,37-38H,23-24H2,1-4H3. The Morgan fingerprint density at radius 1 is 0.558 bits per heavy atom. The Bertz CT molecular complexity index is 1990. The van der Waals surface area contributed by atoms with E-state index in [0.717, 1.165) is 31.3 Å². The molecular weight excluding hydrogens is 739 g/mol. The second-order valence-electron chi connectivity index (χ2n) is 12.6. The molecule has 0 fully saturated rings. The van der Waals surface area contributed by atoms with E-state index in [9.17, 15) is 9.59 Å². The Kier molecular flexibility index (Phi) is 12.4. The SMILES string of the molecule is CN(C)C(CC(Oc1cccc2ccccc12)c1ccc(Cl)s1)OC(=O)C(=O)OC(CC(Oc1cccc2ccccc12)c1ccc(Cl)s1)N(C)C. The topological polar surface area (TPSA) is 77.5 Å². The first-order valence-electron chi connectivity index (χ1n) is 16.6. The number of benzene rings is 4. The summed E-state index contributed by atoms with van der Waals surface area (Å²) in [5, 5.41) is 3.95. The summed E-state index contributed by atoms with van der Waals surface area (Å²) in [5.41, 5.74) is 0. The van der Waals surface area contributed by atoms with Crippen LogP contribution in [0, 0.1) is 0 Å². The van der Waals surface area contributed by atoms with Crippen molar-refractivity contribution >= 4 is 79.4 Å². The molecule has 0 aliphatic heterocycles. The van der Waals surface area contributed by atoms with Crippen LogP contribution in [0.4, 0.5) is 0 Å². The number of carbonyl (C=O) groups is 2. The molecule has 0 radical (unpaired) electrons. The van der Waals surface area contributed by atoms with Gasteiger partial charge in [0.15, 0.2) is 12.5 Å². The third-order valence-corrected chi connectivity index (χ3v) is 11.1. The molecule has 8 nitrogen and oxygen atoms in total. The second kappa shape index (κ2) is 17.1. The Balaban J connectivity index is 1.18. The normalized spacial score (nSPS) is 13.9. The zero-order valence-electron chi connectivity index (χ0n) is 29.0. The van der Waals surface area contributed by atoms with Crippen LogP contribution in [0.15, 0.2) is 109 Å². The molecule has 270 valence electrons. The maximum Gasteiger partial charge on any atom is 0.419 e. The highest BCUT2D eigenvalue weighted by Crippen LogP contribution is 2.38. The summed E-state index contributed by atoms with van der Waals surface area (Å²) in [6.45, 7) is 0. The Labute approximate surface area is 321 Å². The molecule has 6 aromatic rings. The molecule has 0 saturated carbocycles. The predicted molar refractivity (Wildman–Crippen MR) is 210 cm³/mol. The average Bonchev–Trinajstić information content (AvgIpc) is 3.78. The van der Waals surface area contributed by atoms with Gasteiger partial charge in [0.2, 0.25) is 0 Å². The van der Waals surface area contributed by atoms with Crippen LogP contribution in [0.3, 0.4) is 0 Å². The zero-order chi connectivity index (χ0) is 36.8. The molecule has 0 N–H and O–H groups in total. The minimum absolute atomic E-state index is 0.212. The summed E-state index contributed by atoms with van der Waals surface area (Å²) in [4.78, 5) is 32.0. The number of esters is 2. The predicted octanol–water partition coefficient (Wildman–Crippen LogP) is 10.0. The number of ether oxygens (including phenoxy) is 4. The number of rotatable bonds is 14. The van der Waals surface area contributed by atoms with E-state index >= 15 is 0 Å². The summed E-state index contributed by atoms with van der Waals surface area (Å²) in [7, 11) is 7.07. The fourth-order valence-electron chi connectivity index (χ4n) is 5.79. The molecule has 2 aromatic heterocycles. The molecule has 52 heavy (non-hydrogen) atoms. The number of halogens is 2. The lowest BCUT2D eigenvalue weighted by atomic mass is 10.1. The van der Waals surface area contributed by atoms with Gasteiger partial charge in [0.05, 0.1) is 8.67 Å². The number of fused-ring (bicyclic) bond motifs is 2. The van der Waals surface area contributed by atoms with E-state index < -0.39 is 36.6 Å². The van der Waals surface area contributed by atoms with Crippen molar-refractivity contribution in [1.29, 1.82) is 0 Å². The van der Waals surface area contributed by atoms with Crippen LogP contribution in [0.25, 0.3) is 21.5 Å². The van der Waals surface area contributed by atoms with Gasteiger partial charge >= 0.3 is 11.9 Å². The van der Waals surface area contributed by atoms with E-state index in [1.54, 1.807) is 50.1 Å². The maximum atomic E-state index is 13.4. The van der Waals surface area contributed by atoms with Gasteiger partial charge in [-0.05, 0) is 75.4 Å². The van der Waals surface area contributed by atoms with Crippen molar-refractivity contribution in [3.63, 3.8) is 0 Å². The second-order valence-corrected chi connectivity index (χ2v) is 16.1. The number of thiophene rings is 2. The van der Waals surface area contributed by atoms with E-state index in [0.29, 0.717) is 20.2 Å². The number of carbonyl (C=O) groups excluding carboxylic acids is 2. The molecule has 2 heterocycles. The minimum atomic E-state index is -1.12. The molecule has 12 heteroatoms. The van der Waals surface area contributed by atoms with Crippen molar-refractivity contribution < 1.29 is 28.5 Å². The minimum Gasteiger partial charge on any atom is -0.484 e. The lowest BCUT2D eigenvalue weighted by Gasteiger charge is -2.30. The molecule has 0 saturated heterocycles. The Hall–Kier alpha value is -4.16. The van der Waals surface area contributed by atoms with Gasteiger partial charge in [-0.25, -0.2) is 9.59 Å². The van der Waals surface area contributed by atoms with Crippen molar-refractivity contribution in [1.82, 2.24) is 9.80 Å². The van der Waals surface area contributed by atoms with Crippen molar-refractivity contribution in [3.05, 3.63) is 128 Å². The molecular formula is C40H38Cl2N2O6S2. The average molecular weight is 778 g/mol. The van der Waals surface area contributed by atoms with E-state index in [2.05, 4.69) is 0 Å². The lowest BCUT2D eigenvalue weighted by Crippen LogP contribution is -2.41. The first-order valence-corrected chi connectivity index (χ1v) is 19.0. The summed E-state index contributed by atoms with van der Waals surface area (Å²) in [6.07, 6.45) is -2.34. The van der Waals surface area contributed by atoms with Crippen LogP contribution in [0.2, 0.25) is 8.67 Å². The van der Waals surface area contributed by atoms with Crippen LogP contribution in [-0.4, -0.2) is 62.4 Å². The molecule has 4 atom stereocenters. The first-order chi connectivity index (χ1) is 25.0. The lowest BCUT2D eigenvalue weighted by molar-refractivity contribution is -0.185. The molecule has 4 unspecified atom stereocenters. The molecule has 6 rings (SSSR count). The molecule has 4 aromatic carbocycles. The van der Waals surface area contributed by atoms with Gasteiger partial charge in [0.25, 0.3) is 0 Å². The van der Waals surface area contributed by atoms with E-state index in [-0.39, 0.29) is 12.8 Å². The highest BCUT2D eigenvalue weighted by Gasteiger charge is 2.33. The van der Waals surface area contributed by atoms with E-state index in [1.807, 2.05) is 97.1 Å². The number of hydrogen-bond donors (Lipinski definition) is 0. The Morgan fingerprint density at radius 2 is 0.942 bits per heavy atom. The fourth-order valence-corrected chi connectivity index (χ4v) is 8.00. The molecule has 0 bridgehead atoms. The highest BCUT2D eigenvalue weighted by atomic mass is 35.5. The smallest absolute Gasteiger partial charge is 0.419 e. The van der Waals surface area contributed by atoms with Crippen molar-refractivity contribution in [2.45, 2.75) is 37.5 Å². The van der Waals surface area contributed by atoms with Gasteiger partial charge < -0.3 is 18.9 Å². The largest absolute Gasteiger partial charge is 0.484 e. The van der Waals surface area contributed by atoms with Crippen molar-refractivity contribution in [2.24, 2.45) is 0 Å². The third-order valence-electron chi connectivity index (χ3n) is 8.50. The highest BCUT2D eigenvalue weighted by molar-refractivity contribution is 7.16. The Morgan fingerprint density at radius 3 is 1.31 bits per heavy atom. The zero-order valence-corrected chi connectivity index (χ0v) is 32.2. The quantitative estimate of drug-likeness (QED) is 0.0615. The summed E-state index contributed by atoms with van der Waals surface area (Å²) in [5.74, 6) is -0.886. The van der Waals surface area contributed by atoms with Gasteiger partial charge in [0.1, 0.15) is 23.7 Å².